The molecule has 0 saturated carbocycles. The lowest BCUT2D eigenvalue weighted by Crippen LogP contribution is -2.19. The van der Waals surface area contributed by atoms with Crippen molar-refractivity contribution >= 4 is 35.4 Å². The van der Waals surface area contributed by atoms with Crippen molar-refractivity contribution in [1.82, 2.24) is 5.32 Å². The molecule has 0 heterocycles. The number of hydrogen-bond donors (Lipinski definition) is 4. The zero-order valence-electron chi connectivity index (χ0n) is 8.17. The molecule has 0 unspecified atom stereocenters. The Labute approximate surface area is 99.2 Å². The SMILES string of the molecule is O/C=C\C=C\CNC(=S)SCCB(O)O. The van der Waals surface area contributed by atoms with Crippen LogP contribution in [0.15, 0.2) is 24.5 Å². The number of thiocarbonyl (C=S) groups is 1. The van der Waals surface area contributed by atoms with Crippen molar-refractivity contribution in [3.63, 3.8) is 0 Å². The van der Waals surface area contributed by atoms with Gasteiger partial charge in [-0.15, -0.1) is 0 Å². The molecule has 84 valence electrons. The van der Waals surface area contributed by atoms with Crippen LogP contribution in [0.25, 0.3) is 0 Å². The van der Waals surface area contributed by atoms with Crippen molar-refractivity contribution in [1.29, 1.82) is 0 Å². The van der Waals surface area contributed by atoms with Crippen LogP contribution in [0.4, 0.5) is 0 Å². The van der Waals surface area contributed by atoms with E-state index in [1.807, 2.05) is 0 Å². The summed E-state index contributed by atoms with van der Waals surface area (Å²) in [5, 5.41) is 28.4. The third kappa shape index (κ3) is 11.4. The van der Waals surface area contributed by atoms with E-state index >= 15 is 0 Å². The van der Waals surface area contributed by atoms with E-state index in [4.69, 9.17) is 27.4 Å². The van der Waals surface area contributed by atoms with Crippen LogP contribution in [0.3, 0.4) is 0 Å². The van der Waals surface area contributed by atoms with Gasteiger partial charge in [0.1, 0.15) is 4.32 Å². The van der Waals surface area contributed by atoms with Crippen molar-refractivity contribution < 1.29 is 15.2 Å². The normalized spacial score (nSPS) is 11.1. The lowest BCUT2D eigenvalue weighted by molar-refractivity contribution is 0.408. The monoisotopic (exact) mass is 247 g/mol. The third-order valence-electron chi connectivity index (χ3n) is 1.31. The van der Waals surface area contributed by atoms with E-state index in [2.05, 4.69) is 5.32 Å². The summed E-state index contributed by atoms with van der Waals surface area (Å²) in [6.45, 7) is 0.581. The number of hydrogen-bond acceptors (Lipinski definition) is 5. The molecule has 0 saturated heterocycles. The molecule has 4 N–H and O–H groups in total. The van der Waals surface area contributed by atoms with Gasteiger partial charge < -0.3 is 20.5 Å². The molecule has 0 rings (SSSR count). The van der Waals surface area contributed by atoms with E-state index in [1.165, 1.54) is 17.8 Å². The second-order valence-corrected chi connectivity index (χ2v) is 4.33. The minimum absolute atomic E-state index is 0.301. The van der Waals surface area contributed by atoms with Crippen molar-refractivity contribution in [2.45, 2.75) is 6.32 Å². The summed E-state index contributed by atoms with van der Waals surface area (Å²) in [6.07, 6.45) is 6.25. The van der Waals surface area contributed by atoms with Gasteiger partial charge in [0, 0.05) is 6.54 Å². The van der Waals surface area contributed by atoms with Gasteiger partial charge in [-0.05, 0) is 18.1 Å². The van der Waals surface area contributed by atoms with Crippen molar-refractivity contribution in [3.05, 3.63) is 24.5 Å². The molecule has 0 amide bonds. The molecular formula is C8H14BNO3S2. The van der Waals surface area contributed by atoms with E-state index in [1.54, 1.807) is 12.2 Å². The molecule has 7 heteroatoms. The Balaban J connectivity index is 3.41. The number of nitrogens with one attached hydrogen (secondary N) is 1. The molecule has 0 bridgehead atoms. The minimum Gasteiger partial charge on any atom is -0.516 e. The first kappa shape index (κ1) is 14.5. The predicted molar refractivity (Wildman–Crippen MR) is 69.0 cm³/mol. The van der Waals surface area contributed by atoms with E-state index in [-0.39, 0.29) is 0 Å². The standard InChI is InChI=1S/C8H14BNO3S2/c11-6-3-1-2-5-10-8(14)15-7-4-9(12)13/h1-3,6,11-13H,4-5,7H2,(H,10,14)/b2-1+,6-3-. The molecule has 0 fully saturated rings. The highest BCUT2D eigenvalue weighted by molar-refractivity contribution is 8.23. The maximum atomic E-state index is 8.57. The third-order valence-corrected chi connectivity index (χ3v) is 2.65. The molecular weight excluding hydrogens is 233 g/mol. The van der Waals surface area contributed by atoms with Gasteiger partial charge in [0.2, 0.25) is 0 Å². The quantitative estimate of drug-likeness (QED) is 0.239. The molecule has 15 heavy (non-hydrogen) atoms. The maximum Gasteiger partial charge on any atom is 0.452 e. The fraction of sp³-hybridized carbons (Fsp3) is 0.375. The lowest BCUT2D eigenvalue weighted by atomic mass is 9.88. The first-order valence-electron chi connectivity index (χ1n) is 4.39. The number of rotatable bonds is 6. The summed E-state index contributed by atoms with van der Waals surface area (Å²) >= 11 is 6.34. The number of thioether (sulfide) groups is 1. The molecule has 0 aromatic rings. The summed E-state index contributed by atoms with van der Waals surface area (Å²) in [4.78, 5) is 0. The molecule has 0 aliphatic rings. The number of aliphatic hydroxyl groups is 1. The van der Waals surface area contributed by atoms with Gasteiger partial charge in [-0.2, -0.15) is 0 Å². The highest BCUT2D eigenvalue weighted by Gasteiger charge is 2.06. The number of allylic oxidation sites excluding steroid dienone is 2. The van der Waals surface area contributed by atoms with Gasteiger partial charge in [-0.3, -0.25) is 0 Å². The maximum absolute atomic E-state index is 8.57. The van der Waals surface area contributed by atoms with Crippen LogP contribution in [0.1, 0.15) is 0 Å². The van der Waals surface area contributed by atoms with E-state index in [0.29, 0.717) is 22.9 Å². The average Bonchev–Trinajstić information content (AvgIpc) is 2.17. The summed E-state index contributed by atoms with van der Waals surface area (Å²) in [5.74, 6) is 0.573. The van der Waals surface area contributed by atoms with Crippen molar-refractivity contribution in [2.75, 3.05) is 12.3 Å². The van der Waals surface area contributed by atoms with E-state index in [9.17, 15) is 0 Å². The fourth-order valence-electron chi connectivity index (χ4n) is 0.647. The molecule has 0 spiro atoms. The summed E-state index contributed by atoms with van der Waals surface area (Å²) in [6, 6.07) is 0. The zero-order chi connectivity index (χ0) is 11.5. The summed E-state index contributed by atoms with van der Waals surface area (Å²) in [5.41, 5.74) is 0. The highest BCUT2D eigenvalue weighted by Crippen LogP contribution is 2.04. The van der Waals surface area contributed by atoms with Crippen LogP contribution in [0.5, 0.6) is 0 Å². The summed E-state index contributed by atoms with van der Waals surface area (Å²) in [7, 11) is -1.27. The molecule has 0 aliphatic carbocycles. The molecule has 0 aromatic carbocycles. The van der Waals surface area contributed by atoms with Gasteiger partial charge >= 0.3 is 7.12 Å². The fourth-order valence-corrected chi connectivity index (χ4v) is 1.68. The van der Waals surface area contributed by atoms with Crippen LogP contribution in [0, 0.1) is 0 Å². The van der Waals surface area contributed by atoms with Gasteiger partial charge in [-0.1, -0.05) is 36.1 Å². The zero-order valence-corrected chi connectivity index (χ0v) is 9.80. The lowest BCUT2D eigenvalue weighted by Gasteiger charge is -2.03. The molecule has 4 nitrogen and oxygen atoms in total. The Hall–Kier alpha value is -0.495. The second kappa shape index (κ2) is 10.0. The molecule has 0 atom stereocenters. The minimum atomic E-state index is -1.27. The van der Waals surface area contributed by atoms with Crippen molar-refractivity contribution in [2.24, 2.45) is 0 Å². The second-order valence-electron chi connectivity index (χ2n) is 2.56. The van der Waals surface area contributed by atoms with Gasteiger partial charge in [0.25, 0.3) is 0 Å². The molecule has 0 aromatic heterocycles. The van der Waals surface area contributed by atoms with Gasteiger partial charge in [0.15, 0.2) is 0 Å². The topological polar surface area (TPSA) is 72.7 Å². The van der Waals surface area contributed by atoms with E-state index in [0.717, 1.165) is 6.26 Å². The summed E-state index contributed by atoms with van der Waals surface area (Å²) < 4.78 is 0.619. The van der Waals surface area contributed by atoms with Crippen LogP contribution < -0.4 is 5.32 Å². The number of aliphatic hydroxyl groups excluding tert-OH is 1. The Morgan fingerprint density at radius 1 is 1.40 bits per heavy atom. The predicted octanol–water partition coefficient (Wildman–Crippen LogP) is 0.695. The Bertz CT molecular complexity index is 234. The first-order valence-corrected chi connectivity index (χ1v) is 5.79. The largest absolute Gasteiger partial charge is 0.516 e. The van der Waals surface area contributed by atoms with Gasteiger partial charge in [0.05, 0.1) is 6.26 Å². The average molecular weight is 247 g/mol. The Kier molecular flexibility index (Phi) is 9.71. The Morgan fingerprint density at radius 3 is 2.73 bits per heavy atom. The van der Waals surface area contributed by atoms with Crippen molar-refractivity contribution in [3.8, 4) is 0 Å². The Morgan fingerprint density at radius 2 is 2.13 bits per heavy atom. The van der Waals surface area contributed by atoms with Gasteiger partial charge in [-0.25, -0.2) is 0 Å². The molecule has 0 aliphatic heterocycles. The van der Waals surface area contributed by atoms with Crippen LogP contribution in [-0.2, 0) is 0 Å². The smallest absolute Gasteiger partial charge is 0.452 e. The van der Waals surface area contributed by atoms with Crippen LogP contribution >= 0.6 is 24.0 Å². The highest BCUT2D eigenvalue weighted by atomic mass is 32.2. The van der Waals surface area contributed by atoms with Crippen LogP contribution in [0.2, 0.25) is 6.32 Å². The first-order chi connectivity index (χ1) is 7.16. The molecule has 0 radical (unpaired) electrons. The van der Waals surface area contributed by atoms with Crippen LogP contribution in [-0.4, -0.2) is 38.9 Å². The van der Waals surface area contributed by atoms with E-state index < -0.39 is 7.12 Å².